The molecule has 6 heteroatoms. The van der Waals surface area contributed by atoms with Gasteiger partial charge in [-0.15, -0.1) is 0 Å². The number of carbonyl (C=O) groups excluding carboxylic acids is 2. The first-order valence-corrected chi connectivity index (χ1v) is 7.31. The van der Waals surface area contributed by atoms with Crippen molar-refractivity contribution >= 4 is 40.2 Å². The Hall–Kier alpha value is -1.15. The second-order valence-corrected chi connectivity index (χ2v) is 5.82. The highest BCUT2D eigenvalue weighted by Gasteiger charge is 2.10. The van der Waals surface area contributed by atoms with Gasteiger partial charge in [-0.25, -0.2) is 0 Å². The van der Waals surface area contributed by atoms with Crippen LogP contribution in [0.3, 0.4) is 0 Å². The number of methoxy groups -OCH3 is 1. The van der Waals surface area contributed by atoms with E-state index in [2.05, 4.69) is 32.6 Å². The summed E-state index contributed by atoms with van der Waals surface area (Å²) in [5.74, 6) is -0.368. The fraction of sp³-hybridized carbons (Fsp3) is 0.429. The highest BCUT2D eigenvalue weighted by atomic mass is 127. The van der Waals surface area contributed by atoms with Crippen molar-refractivity contribution in [2.75, 3.05) is 32.6 Å². The van der Waals surface area contributed by atoms with E-state index < -0.39 is 0 Å². The average molecular weight is 390 g/mol. The third kappa shape index (κ3) is 5.87. The van der Waals surface area contributed by atoms with Gasteiger partial charge in [0.2, 0.25) is 5.91 Å². The Kier molecular flexibility index (Phi) is 6.94. The molecule has 0 aromatic heterocycles. The predicted molar refractivity (Wildman–Crippen MR) is 86.7 cm³/mol. The Morgan fingerprint density at radius 1 is 1.40 bits per heavy atom. The molecule has 0 radical (unpaired) electrons. The number of benzene rings is 1. The summed E-state index contributed by atoms with van der Waals surface area (Å²) in [6, 6.07) is 5.85. The molecule has 0 unspecified atom stereocenters. The number of ether oxygens (including phenoxy) is 1. The monoisotopic (exact) mass is 390 g/mol. The van der Waals surface area contributed by atoms with E-state index in [0.29, 0.717) is 6.54 Å². The van der Waals surface area contributed by atoms with Crippen LogP contribution < -0.4 is 5.32 Å². The van der Waals surface area contributed by atoms with Crippen molar-refractivity contribution < 1.29 is 14.3 Å². The number of nitrogens with zero attached hydrogens (tertiary/aromatic N) is 1. The van der Waals surface area contributed by atoms with Crippen molar-refractivity contribution in [2.45, 2.75) is 13.3 Å². The average Bonchev–Trinajstić information content (AvgIpc) is 2.39. The summed E-state index contributed by atoms with van der Waals surface area (Å²) in [6.07, 6.45) is 0.281. The first-order valence-electron chi connectivity index (χ1n) is 6.23. The summed E-state index contributed by atoms with van der Waals surface area (Å²) in [7, 11) is 3.15. The molecule has 1 rings (SSSR count). The van der Waals surface area contributed by atoms with Crippen LogP contribution in [0.1, 0.15) is 12.0 Å². The zero-order valence-corrected chi connectivity index (χ0v) is 14.1. The molecule has 0 aliphatic carbocycles. The minimum Gasteiger partial charge on any atom is -0.469 e. The number of likely N-dealkylation sites (N-methyl/N-ethyl adjacent to an activating group) is 1. The number of halogens is 1. The molecular formula is C14H19IN2O3. The molecular weight excluding hydrogens is 371 g/mol. The first kappa shape index (κ1) is 16.9. The van der Waals surface area contributed by atoms with Crippen molar-refractivity contribution in [3.05, 3.63) is 27.3 Å². The lowest BCUT2D eigenvalue weighted by Crippen LogP contribution is -2.32. The summed E-state index contributed by atoms with van der Waals surface area (Å²) >= 11 is 2.23. The zero-order valence-electron chi connectivity index (χ0n) is 11.9. The molecule has 0 aliphatic heterocycles. The van der Waals surface area contributed by atoms with Crippen LogP contribution in [0.5, 0.6) is 0 Å². The van der Waals surface area contributed by atoms with E-state index in [9.17, 15) is 9.59 Å². The van der Waals surface area contributed by atoms with Gasteiger partial charge in [0, 0.05) is 15.8 Å². The normalized spacial score (nSPS) is 10.4. The standard InChI is InChI=1S/C14H19IN2O3/c1-10-8-11(15)4-5-12(10)16-13(18)9-17(2)7-6-14(19)20-3/h4-5,8H,6-7,9H2,1-3H3,(H,16,18). The van der Waals surface area contributed by atoms with E-state index in [1.807, 2.05) is 25.1 Å². The van der Waals surface area contributed by atoms with E-state index >= 15 is 0 Å². The Bertz CT molecular complexity index is 491. The number of nitrogens with one attached hydrogen (secondary N) is 1. The summed E-state index contributed by atoms with van der Waals surface area (Å²) in [6.45, 7) is 2.69. The van der Waals surface area contributed by atoms with Gasteiger partial charge in [-0.1, -0.05) is 0 Å². The predicted octanol–water partition coefficient (Wildman–Crippen LogP) is 2.03. The van der Waals surface area contributed by atoms with Gasteiger partial charge in [0.05, 0.1) is 20.1 Å². The van der Waals surface area contributed by atoms with E-state index in [4.69, 9.17) is 0 Å². The molecule has 0 atom stereocenters. The Balaban J connectivity index is 2.45. The topological polar surface area (TPSA) is 58.6 Å². The van der Waals surface area contributed by atoms with Crippen LogP contribution in [0.2, 0.25) is 0 Å². The maximum atomic E-state index is 11.9. The summed E-state index contributed by atoms with van der Waals surface area (Å²) in [4.78, 5) is 24.7. The third-order valence-electron chi connectivity index (χ3n) is 2.80. The summed E-state index contributed by atoms with van der Waals surface area (Å²) in [5.41, 5.74) is 1.85. The van der Waals surface area contributed by atoms with Crippen LogP contribution in [0.4, 0.5) is 5.69 Å². The maximum Gasteiger partial charge on any atom is 0.306 e. The van der Waals surface area contributed by atoms with E-state index in [0.717, 1.165) is 14.8 Å². The number of hydrogen-bond acceptors (Lipinski definition) is 4. The van der Waals surface area contributed by atoms with Gasteiger partial charge in [-0.05, 0) is 60.3 Å². The molecule has 5 nitrogen and oxygen atoms in total. The van der Waals surface area contributed by atoms with Crippen molar-refractivity contribution in [3.63, 3.8) is 0 Å². The van der Waals surface area contributed by atoms with Crippen LogP contribution in [-0.4, -0.2) is 44.0 Å². The van der Waals surface area contributed by atoms with Gasteiger partial charge in [0.15, 0.2) is 0 Å². The number of anilines is 1. The minimum absolute atomic E-state index is 0.0957. The van der Waals surface area contributed by atoms with Crippen LogP contribution in [-0.2, 0) is 14.3 Å². The molecule has 1 aromatic rings. The molecule has 0 fully saturated rings. The largest absolute Gasteiger partial charge is 0.469 e. The lowest BCUT2D eigenvalue weighted by atomic mass is 10.2. The Labute approximate surface area is 132 Å². The molecule has 0 saturated heterocycles. The molecule has 0 spiro atoms. The van der Waals surface area contributed by atoms with Gasteiger partial charge in [0.25, 0.3) is 0 Å². The number of carbonyl (C=O) groups is 2. The van der Waals surface area contributed by atoms with E-state index in [-0.39, 0.29) is 24.8 Å². The van der Waals surface area contributed by atoms with Gasteiger partial charge in [-0.2, -0.15) is 0 Å². The van der Waals surface area contributed by atoms with E-state index in [1.54, 1.807) is 11.9 Å². The Morgan fingerprint density at radius 3 is 2.70 bits per heavy atom. The van der Waals surface area contributed by atoms with Gasteiger partial charge < -0.3 is 10.1 Å². The van der Waals surface area contributed by atoms with Gasteiger partial charge in [-0.3, -0.25) is 14.5 Å². The number of esters is 1. The number of aryl methyl sites for hydroxylation is 1. The van der Waals surface area contributed by atoms with Crippen molar-refractivity contribution in [2.24, 2.45) is 0 Å². The van der Waals surface area contributed by atoms with Crippen LogP contribution in [0.25, 0.3) is 0 Å². The van der Waals surface area contributed by atoms with Crippen molar-refractivity contribution in [1.29, 1.82) is 0 Å². The smallest absolute Gasteiger partial charge is 0.306 e. The number of hydrogen-bond donors (Lipinski definition) is 1. The molecule has 0 aliphatic rings. The summed E-state index contributed by atoms with van der Waals surface area (Å²) in [5, 5.41) is 2.87. The molecule has 20 heavy (non-hydrogen) atoms. The lowest BCUT2D eigenvalue weighted by Gasteiger charge is -2.16. The first-order chi connectivity index (χ1) is 9.42. The van der Waals surface area contributed by atoms with Crippen molar-refractivity contribution in [3.8, 4) is 0 Å². The second-order valence-electron chi connectivity index (χ2n) is 4.57. The maximum absolute atomic E-state index is 11.9. The molecule has 1 N–H and O–H groups in total. The molecule has 0 saturated carbocycles. The SMILES string of the molecule is COC(=O)CCN(C)CC(=O)Nc1ccc(I)cc1C. The zero-order chi connectivity index (χ0) is 15.1. The van der Waals surface area contributed by atoms with Crippen molar-refractivity contribution in [1.82, 2.24) is 4.90 Å². The minimum atomic E-state index is -0.272. The van der Waals surface area contributed by atoms with Crippen LogP contribution >= 0.6 is 22.6 Å². The molecule has 0 bridgehead atoms. The highest BCUT2D eigenvalue weighted by molar-refractivity contribution is 14.1. The van der Waals surface area contributed by atoms with E-state index in [1.165, 1.54) is 7.11 Å². The fourth-order valence-corrected chi connectivity index (χ4v) is 2.31. The second kappa shape index (κ2) is 8.21. The van der Waals surface area contributed by atoms with Crippen LogP contribution in [0.15, 0.2) is 18.2 Å². The molecule has 0 heterocycles. The quantitative estimate of drug-likeness (QED) is 0.597. The van der Waals surface area contributed by atoms with Gasteiger partial charge >= 0.3 is 5.97 Å². The molecule has 1 amide bonds. The fourth-order valence-electron chi connectivity index (χ4n) is 1.67. The molecule has 110 valence electrons. The van der Waals surface area contributed by atoms with Gasteiger partial charge in [0.1, 0.15) is 0 Å². The lowest BCUT2D eigenvalue weighted by molar-refractivity contribution is -0.141. The number of rotatable bonds is 6. The third-order valence-corrected chi connectivity index (χ3v) is 3.47. The molecule has 1 aromatic carbocycles. The Morgan fingerprint density at radius 2 is 2.10 bits per heavy atom. The summed E-state index contributed by atoms with van der Waals surface area (Å²) < 4.78 is 5.69. The number of amides is 1. The van der Waals surface area contributed by atoms with Crippen LogP contribution in [0, 0.1) is 10.5 Å². The highest BCUT2D eigenvalue weighted by Crippen LogP contribution is 2.17.